The summed E-state index contributed by atoms with van der Waals surface area (Å²) in [6.07, 6.45) is 19.7. The zero-order chi connectivity index (χ0) is 24.9. The van der Waals surface area contributed by atoms with Gasteiger partial charge in [-0.1, -0.05) is 62.2 Å². The van der Waals surface area contributed by atoms with E-state index in [0.29, 0.717) is 17.8 Å². The molecule has 3 aliphatic rings. The van der Waals surface area contributed by atoms with Crippen LogP contribution in [0, 0.1) is 17.7 Å². The van der Waals surface area contributed by atoms with Crippen molar-refractivity contribution < 1.29 is 4.39 Å². The van der Waals surface area contributed by atoms with Crippen LogP contribution in [0.2, 0.25) is 0 Å². The number of hydrogen-bond donors (Lipinski definition) is 0. The van der Waals surface area contributed by atoms with E-state index in [-0.39, 0.29) is 5.82 Å². The van der Waals surface area contributed by atoms with Crippen molar-refractivity contribution in [3.63, 3.8) is 0 Å². The number of allylic oxidation sites excluding steroid dienone is 1. The van der Waals surface area contributed by atoms with E-state index >= 15 is 4.39 Å². The van der Waals surface area contributed by atoms with E-state index in [4.69, 9.17) is 0 Å². The number of benzene rings is 2. The van der Waals surface area contributed by atoms with Crippen molar-refractivity contribution in [3.8, 4) is 0 Å². The molecular formula is C35H47F. The maximum atomic E-state index is 15.2. The molecule has 0 nitrogen and oxygen atoms in total. The van der Waals surface area contributed by atoms with Gasteiger partial charge in [0.05, 0.1) is 0 Å². The summed E-state index contributed by atoms with van der Waals surface area (Å²) in [5.41, 5.74) is 5.27. The van der Waals surface area contributed by atoms with Gasteiger partial charge >= 0.3 is 0 Å². The van der Waals surface area contributed by atoms with E-state index in [2.05, 4.69) is 56.0 Å². The van der Waals surface area contributed by atoms with Crippen molar-refractivity contribution in [2.24, 2.45) is 11.8 Å². The minimum atomic E-state index is 0.0614. The molecule has 3 aliphatic carbocycles. The Balaban J connectivity index is 1.13. The molecule has 0 atom stereocenters. The van der Waals surface area contributed by atoms with E-state index in [1.807, 2.05) is 6.07 Å². The summed E-state index contributed by atoms with van der Waals surface area (Å²) in [4.78, 5) is 0. The van der Waals surface area contributed by atoms with Gasteiger partial charge in [-0.3, -0.25) is 0 Å². The molecule has 5 rings (SSSR count). The average Bonchev–Trinajstić information content (AvgIpc) is 2.94. The smallest absolute Gasteiger partial charge is 0.126 e. The van der Waals surface area contributed by atoms with Gasteiger partial charge in [0, 0.05) is 0 Å². The van der Waals surface area contributed by atoms with Crippen LogP contribution in [0.25, 0.3) is 0 Å². The largest absolute Gasteiger partial charge is 0.207 e. The van der Waals surface area contributed by atoms with E-state index in [1.54, 1.807) is 0 Å². The van der Waals surface area contributed by atoms with Gasteiger partial charge in [0.2, 0.25) is 0 Å². The van der Waals surface area contributed by atoms with E-state index in [0.717, 1.165) is 23.3 Å². The zero-order valence-corrected chi connectivity index (χ0v) is 22.6. The predicted octanol–water partition coefficient (Wildman–Crippen LogP) is 10.8. The highest BCUT2D eigenvalue weighted by molar-refractivity contribution is 5.32. The van der Waals surface area contributed by atoms with Gasteiger partial charge in [-0.15, -0.1) is 6.58 Å². The molecule has 3 fully saturated rings. The van der Waals surface area contributed by atoms with Crippen LogP contribution in [0.4, 0.5) is 4.39 Å². The fourth-order valence-corrected chi connectivity index (χ4v) is 7.79. The van der Waals surface area contributed by atoms with Gasteiger partial charge < -0.3 is 0 Å². The molecule has 0 unspecified atom stereocenters. The zero-order valence-electron chi connectivity index (χ0n) is 22.6. The van der Waals surface area contributed by atoms with E-state index in [1.165, 1.54) is 107 Å². The van der Waals surface area contributed by atoms with Crippen LogP contribution in [0.3, 0.4) is 0 Å². The lowest BCUT2D eigenvalue weighted by Crippen LogP contribution is -2.15. The van der Waals surface area contributed by atoms with Crippen molar-refractivity contribution in [1.82, 2.24) is 0 Å². The second kappa shape index (κ2) is 12.1. The van der Waals surface area contributed by atoms with Gasteiger partial charge in [0.25, 0.3) is 0 Å². The highest BCUT2D eigenvalue weighted by Crippen LogP contribution is 2.43. The second-order valence-electron chi connectivity index (χ2n) is 12.3. The van der Waals surface area contributed by atoms with Crippen LogP contribution >= 0.6 is 0 Å². The maximum Gasteiger partial charge on any atom is 0.126 e. The van der Waals surface area contributed by atoms with Gasteiger partial charge in [0.1, 0.15) is 5.82 Å². The molecular weight excluding hydrogens is 439 g/mol. The molecule has 0 heterocycles. The fourth-order valence-electron chi connectivity index (χ4n) is 7.79. The van der Waals surface area contributed by atoms with Crippen LogP contribution in [0.5, 0.6) is 0 Å². The Morgan fingerprint density at radius 1 is 0.667 bits per heavy atom. The predicted molar refractivity (Wildman–Crippen MR) is 151 cm³/mol. The number of rotatable bonds is 7. The summed E-state index contributed by atoms with van der Waals surface area (Å²) in [5, 5.41) is 0. The van der Waals surface area contributed by atoms with Gasteiger partial charge in [-0.25, -0.2) is 4.39 Å². The van der Waals surface area contributed by atoms with Crippen LogP contribution < -0.4 is 0 Å². The molecule has 1 heteroatoms. The summed E-state index contributed by atoms with van der Waals surface area (Å²) in [6.45, 7) is 6.27. The molecule has 2 aromatic rings. The first-order valence-corrected chi connectivity index (χ1v) is 15.2. The van der Waals surface area contributed by atoms with Gasteiger partial charge in [-0.05, 0) is 141 Å². The quantitative estimate of drug-likeness (QED) is 0.341. The van der Waals surface area contributed by atoms with Gasteiger partial charge in [0.15, 0.2) is 0 Å². The van der Waals surface area contributed by atoms with E-state index in [9.17, 15) is 0 Å². The monoisotopic (exact) mass is 486 g/mol. The molecule has 0 aromatic heterocycles. The Bertz CT molecular complexity index is 964. The lowest BCUT2D eigenvalue weighted by molar-refractivity contribution is 0.304. The van der Waals surface area contributed by atoms with Crippen LogP contribution in [-0.2, 0) is 0 Å². The summed E-state index contributed by atoms with van der Waals surface area (Å²) in [5.74, 6) is 4.01. The number of hydrogen-bond acceptors (Lipinski definition) is 0. The standard InChI is InChI=1S/C35H47F/c1-3-5-26-8-12-32(13-9-26)34-23-22-33(24-35(34)36)31-20-18-30(19-21-31)29-16-14-28(15-17-29)27-10-6-25(4-2)7-11-27/h4,14-17,22-27,30-32H,2-3,5-13,18-21H2,1H3. The molecule has 0 radical (unpaired) electrons. The molecule has 0 N–H and O–H groups in total. The summed E-state index contributed by atoms with van der Waals surface area (Å²) in [6, 6.07) is 15.9. The second-order valence-corrected chi connectivity index (χ2v) is 12.3. The molecule has 0 aliphatic heterocycles. The van der Waals surface area contributed by atoms with Crippen molar-refractivity contribution in [2.75, 3.05) is 0 Å². The molecule has 0 spiro atoms. The Labute approximate surface area is 219 Å². The van der Waals surface area contributed by atoms with Crippen LogP contribution in [-0.4, -0.2) is 0 Å². The Morgan fingerprint density at radius 2 is 1.14 bits per heavy atom. The third-order valence-corrected chi connectivity index (χ3v) is 10.2. The lowest BCUT2D eigenvalue weighted by Gasteiger charge is -2.31. The summed E-state index contributed by atoms with van der Waals surface area (Å²) < 4.78 is 15.2. The molecule has 0 bridgehead atoms. The molecule has 0 saturated heterocycles. The van der Waals surface area contributed by atoms with Crippen LogP contribution in [0.15, 0.2) is 55.1 Å². The Hall–Kier alpha value is -1.89. The maximum absolute atomic E-state index is 15.2. The first kappa shape index (κ1) is 25.7. The molecule has 0 amide bonds. The number of halogens is 1. The normalized spacial score (nSPS) is 31.2. The minimum absolute atomic E-state index is 0.0614. The molecule has 194 valence electrons. The first-order valence-electron chi connectivity index (χ1n) is 15.2. The third kappa shape index (κ3) is 5.98. The van der Waals surface area contributed by atoms with Crippen molar-refractivity contribution >= 4 is 0 Å². The lowest BCUT2D eigenvalue weighted by atomic mass is 9.74. The van der Waals surface area contributed by atoms with Crippen molar-refractivity contribution in [1.29, 1.82) is 0 Å². The summed E-state index contributed by atoms with van der Waals surface area (Å²) >= 11 is 0. The fraction of sp³-hybridized carbons (Fsp3) is 0.600. The highest BCUT2D eigenvalue weighted by Gasteiger charge is 2.27. The minimum Gasteiger partial charge on any atom is -0.207 e. The topological polar surface area (TPSA) is 0 Å². The van der Waals surface area contributed by atoms with Gasteiger partial charge in [-0.2, -0.15) is 0 Å². The van der Waals surface area contributed by atoms with Crippen molar-refractivity contribution in [2.45, 2.75) is 120 Å². The van der Waals surface area contributed by atoms with Crippen LogP contribution in [0.1, 0.15) is 143 Å². The summed E-state index contributed by atoms with van der Waals surface area (Å²) in [7, 11) is 0. The molecule has 36 heavy (non-hydrogen) atoms. The third-order valence-electron chi connectivity index (χ3n) is 10.2. The Morgan fingerprint density at radius 3 is 1.64 bits per heavy atom. The van der Waals surface area contributed by atoms with E-state index < -0.39 is 0 Å². The Kier molecular flexibility index (Phi) is 8.66. The highest BCUT2D eigenvalue weighted by atomic mass is 19.1. The molecule has 3 saturated carbocycles. The van der Waals surface area contributed by atoms with Crippen molar-refractivity contribution in [3.05, 3.63) is 83.2 Å². The average molecular weight is 487 g/mol. The SMILES string of the molecule is C=CC1CCC(c2ccc(C3CCC(c4ccc(C5CCC(CCC)CC5)c(F)c4)CC3)cc2)CC1. The first-order chi connectivity index (χ1) is 17.6. The molecule has 2 aromatic carbocycles.